The summed E-state index contributed by atoms with van der Waals surface area (Å²) in [5.41, 5.74) is 2.26. The van der Waals surface area contributed by atoms with Gasteiger partial charge in [0.1, 0.15) is 0 Å². The molecule has 0 atom stereocenters. The first kappa shape index (κ1) is 28.2. The summed E-state index contributed by atoms with van der Waals surface area (Å²) in [4.78, 5) is 0. The normalized spacial score (nSPS) is 13.8. The summed E-state index contributed by atoms with van der Waals surface area (Å²) in [6.45, 7) is 11.7. The Bertz CT molecular complexity index is 1010. The Hall–Kier alpha value is -1.99. The van der Waals surface area contributed by atoms with Gasteiger partial charge >= 0.3 is 0 Å². The van der Waals surface area contributed by atoms with Crippen LogP contribution in [0.15, 0.2) is 84.0 Å². The Morgan fingerprint density at radius 1 is 0.941 bits per heavy atom. The highest BCUT2D eigenvalue weighted by molar-refractivity contribution is 7.86. The van der Waals surface area contributed by atoms with E-state index in [0.29, 0.717) is 6.61 Å². The molecule has 0 fully saturated rings. The van der Waals surface area contributed by atoms with E-state index in [1.165, 1.54) is 15.9 Å². The van der Waals surface area contributed by atoms with Crippen molar-refractivity contribution >= 4 is 28.8 Å². The van der Waals surface area contributed by atoms with Crippen molar-refractivity contribution in [1.82, 2.24) is 0 Å². The molecule has 4 nitrogen and oxygen atoms in total. The van der Waals surface area contributed by atoms with Crippen LogP contribution in [0.1, 0.15) is 53.9 Å². The van der Waals surface area contributed by atoms with E-state index in [1.807, 2.05) is 6.92 Å². The fourth-order valence-corrected chi connectivity index (χ4v) is 9.02. The fraction of sp³-hybridized carbons (Fsp3) is 0.429. The number of hydrogen-bond donors (Lipinski definition) is 0. The van der Waals surface area contributed by atoms with Gasteiger partial charge in [0.05, 0.1) is 19.5 Å². The van der Waals surface area contributed by atoms with E-state index in [0.717, 1.165) is 31.1 Å². The van der Waals surface area contributed by atoms with Crippen LogP contribution in [0.5, 0.6) is 0 Å². The minimum absolute atomic E-state index is 0.0458. The molecule has 0 unspecified atom stereocenters. The molecule has 0 bridgehead atoms. The molecule has 2 rings (SSSR count). The van der Waals surface area contributed by atoms with Gasteiger partial charge < -0.3 is 4.43 Å². The van der Waals surface area contributed by atoms with Gasteiger partial charge in [-0.1, -0.05) is 106 Å². The van der Waals surface area contributed by atoms with Crippen LogP contribution in [0.3, 0.4) is 0 Å². The van der Waals surface area contributed by atoms with Crippen molar-refractivity contribution in [2.24, 2.45) is 0 Å². The van der Waals surface area contributed by atoms with E-state index < -0.39 is 18.4 Å². The molecular formula is C28H40O4SSi. The van der Waals surface area contributed by atoms with Gasteiger partial charge in [-0.25, -0.2) is 0 Å². The Labute approximate surface area is 208 Å². The molecular weight excluding hydrogens is 460 g/mol. The molecule has 0 heterocycles. The van der Waals surface area contributed by atoms with Crippen LogP contribution in [0.4, 0.5) is 0 Å². The standard InChI is InChI=1S/C28H40O4SSi/c1-7-25(23-31-33(6,29)30)16-14-15-24(2)21-22-32-34(28(3,4)5,26-17-10-8-11-18-26)27-19-12-9-13-20-27/h8-13,16-21H,7,14-15,22-23H2,1-6H3/b24-21+,25-16+. The molecule has 0 aliphatic carbocycles. The van der Waals surface area contributed by atoms with Gasteiger partial charge in [0.25, 0.3) is 18.4 Å². The lowest BCUT2D eigenvalue weighted by Gasteiger charge is -2.42. The topological polar surface area (TPSA) is 52.6 Å². The maximum atomic E-state index is 11.2. The maximum absolute atomic E-state index is 11.2. The largest absolute Gasteiger partial charge is 0.404 e. The molecule has 186 valence electrons. The third-order valence-electron chi connectivity index (χ3n) is 6.03. The Balaban J connectivity index is 2.17. The quantitative estimate of drug-likeness (QED) is 0.216. The predicted octanol–water partition coefficient (Wildman–Crippen LogP) is 5.60. The summed E-state index contributed by atoms with van der Waals surface area (Å²) in [6.07, 6.45) is 7.87. The van der Waals surface area contributed by atoms with Crippen LogP contribution in [0.25, 0.3) is 0 Å². The van der Waals surface area contributed by atoms with Gasteiger partial charge in [-0.05, 0) is 47.2 Å². The molecule has 34 heavy (non-hydrogen) atoms. The predicted molar refractivity (Wildman–Crippen MR) is 146 cm³/mol. The van der Waals surface area contributed by atoms with Crippen LogP contribution in [-0.4, -0.2) is 36.2 Å². The zero-order chi connectivity index (χ0) is 25.2. The molecule has 2 aromatic rings. The molecule has 0 spiro atoms. The van der Waals surface area contributed by atoms with Crippen molar-refractivity contribution in [3.63, 3.8) is 0 Å². The van der Waals surface area contributed by atoms with Crippen LogP contribution in [-0.2, 0) is 18.7 Å². The third kappa shape index (κ3) is 8.05. The second-order valence-corrected chi connectivity index (χ2v) is 15.7. The Morgan fingerprint density at radius 3 is 1.91 bits per heavy atom. The van der Waals surface area contributed by atoms with Gasteiger partial charge in [0.15, 0.2) is 0 Å². The molecule has 0 aliphatic rings. The lowest BCUT2D eigenvalue weighted by molar-refractivity contribution is 0.338. The van der Waals surface area contributed by atoms with E-state index in [-0.39, 0.29) is 11.6 Å². The van der Waals surface area contributed by atoms with Gasteiger partial charge in [-0.3, -0.25) is 4.18 Å². The van der Waals surface area contributed by atoms with Crippen molar-refractivity contribution in [1.29, 1.82) is 0 Å². The first-order valence-corrected chi connectivity index (χ1v) is 15.6. The summed E-state index contributed by atoms with van der Waals surface area (Å²) < 4.78 is 34.3. The minimum atomic E-state index is -3.42. The van der Waals surface area contributed by atoms with Crippen LogP contribution in [0, 0.1) is 0 Å². The molecule has 0 aliphatic heterocycles. The average molecular weight is 501 g/mol. The number of hydrogen-bond acceptors (Lipinski definition) is 4. The molecule has 0 radical (unpaired) electrons. The number of rotatable bonds is 12. The van der Waals surface area contributed by atoms with E-state index in [4.69, 9.17) is 8.61 Å². The summed E-state index contributed by atoms with van der Waals surface area (Å²) in [5.74, 6) is 0. The minimum Gasteiger partial charge on any atom is -0.404 e. The monoisotopic (exact) mass is 500 g/mol. The second-order valence-electron chi connectivity index (χ2n) is 9.75. The smallest absolute Gasteiger partial charge is 0.264 e. The molecule has 0 saturated heterocycles. The van der Waals surface area contributed by atoms with Crippen molar-refractivity contribution in [3.05, 3.63) is 84.0 Å². The summed E-state index contributed by atoms with van der Waals surface area (Å²) >= 11 is 0. The van der Waals surface area contributed by atoms with Gasteiger partial charge in [-0.15, -0.1) is 0 Å². The lowest BCUT2D eigenvalue weighted by Crippen LogP contribution is -2.66. The maximum Gasteiger partial charge on any atom is 0.264 e. The SMILES string of the molecule is CC/C(=C\CC/C(C)=C/CO[Si](c1ccccc1)(c1ccccc1)C(C)(C)C)COS(C)(=O)=O. The highest BCUT2D eigenvalue weighted by Gasteiger charge is 2.49. The molecule has 2 aromatic carbocycles. The molecule has 6 heteroatoms. The van der Waals surface area contributed by atoms with Crippen molar-refractivity contribution in [2.45, 2.75) is 58.9 Å². The zero-order valence-electron chi connectivity index (χ0n) is 21.5. The summed E-state index contributed by atoms with van der Waals surface area (Å²) in [7, 11) is -5.95. The molecule has 0 amide bonds. The van der Waals surface area contributed by atoms with Crippen molar-refractivity contribution in [3.8, 4) is 0 Å². The highest BCUT2D eigenvalue weighted by Crippen LogP contribution is 2.36. The van der Waals surface area contributed by atoms with Crippen molar-refractivity contribution < 1.29 is 17.0 Å². The molecule has 0 saturated carbocycles. The average Bonchev–Trinajstić information content (AvgIpc) is 2.78. The number of allylic oxidation sites excluding steroid dienone is 2. The fourth-order valence-electron chi connectivity index (χ4n) is 4.16. The first-order chi connectivity index (χ1) is 16.0. The van der Waals surface area contributed by atoms with E-state index >= 15 is 0 Å². The highest BCUT2D eigenvalue weighted by atomic mass is 32.2. The lowest BCUT2D eigenvalue weighted by atomic mass is 10.1. The van der Waals surface area contributed by atoms with E-state index in [2.05, 4.69) is 101 Å². The van der Waals surface area contributed by atoms with Crippen LogP contribution in [0.2, 0.25) is 5.04 Å². The first-order valence-electron chi connectivity index (χ1n) is 11.9. The molecule has 0 N–H and O–H groups in total. The van der Waals surface area contributed by atoms with Crippen LogP contribution < -0.4 is 10.4 Å². The van der Waals surface area contributed by atoms with Gasteiger partial charge in [-0.2, -0.15) is 8.42 Å². The zero-order valence-corrected chi connectivity index (χ0v) is 23.3. The van der Waals surface area contributed by atoms with Gasteiger partial charge in [0.2, 0.25) is 0 Å². The van der Waals surface area contributed by atoms with Crippen LogP contribution >= 0.6 is 0 Å². The Morgan fingerprint density at radius 2 is 1.47 bits per heavy atom. The second kappa shape index (κ2) is 12.6. The summed E-state index contributed by atoms with van der Waals surface area (Å²) in [6, 6.07) is 21.3. The van der Waals surface area contributed by atoms with E-state index in [9.17, 15) is 8.42 Å². The van der Waals surface area contributed by atoms with Gasteiger partial charge in [0, 0.05) is 0 Å². The third-order valence-corrected chi connectivity index (χ3v) is 11.6. The number of benzene rings is 2. The van der Waals surface area contributed by atoms with Crippen molar-refractivity contribution in [2.75, 3.05) is 19.5 Å². The molecule has 0 aromatic heterocycles. The van der Waals surface area contributed by atoms with E-state index in [1.54, 1.807) is 0 Å². The summed E-state index contributed by atoms with van der Waals surface area (Å²) in [5, 5.41) is 2.51. The Kier molecular flexibility index (Phi) is 10.5.